The molecule has 0 bridgehead atoms. The summed E-state index contributed by atoms with van der Waals surface area (Å²) in [5.74, 6) is 0.924. The SMILES string of the molecule is CCC(N)CCCc1ccc(OCc2ccccc2)cc1. The number of aryl methyl sites for hydroxylation is 1. The van der Waals surface area contributed by atoms with Crippen molar-refractivity contribution in [3.63, 3.8) is 0 Å². The smallest absolute Gasteiger partial charge is 0.119 e. The number of ether oxygens (including phenoxy) is 1. The van der Waals surface area contributed by atoms with Crippen molar-refractivity contribution in [2.24, 2.45) is 5.73 Å². The van der Waals surface area contributed by atoms with Gasteiger partial charge in [0.15, 0.2) is 0 Å². The molecule has 2 rings (SSSR count). The van der Waals surface area contributed by atoms with Crippen molar-refractivity contribution < 1.29 is 4.74 Å². The van der Waals surface area contributed by atoms with Gasteiger partial charge in [0.1, 0.15) is 12.4 Å². The third kappa shape index (κ3) is 5.60. The fraction of sp³-hybridized carbons (Fsp3) is 0.368. The van der Waals surface area contributed by atoms with Crippen molar-refractivity contribution in [2.75, 3.05) is 0 Å². The van der Waals surface area contributed by atoms with Gasteiger partial charge in [0.2, 0.25) is 0 Å². The van der Waals surface area contributed by atoms with Crippen molar-refractivity contribution >= 4 is 0 Å². The molecular formula is C19H25NO. The average Bonchev–Trinajstić information content (AvgIpc) is 2.55. The van der Waals surface area contributed by atoms with E-state index in [4.69, 9.17) is 10.5 Å². The molecule has 1 atom stereocenters. The van der Waals surface area contributed by atoms with Gasteiger partial charge in [0.25, 0.3) is 0 Å². The second kappa shape index (κ2) is 8.48. The van der Waals surface area contributed by atoms with Crippen LogP contribution in [-0.4, -0.2) is 6.04 Å². The minimum atomic E-state index is 0.346. The molecule has 21 heavy (non-hydrogen) atoms. The highest BCUT2D eigenvalue weighted by Crippen LogP contribution is 2.16. The van der Waals surface area contributed by atoms with Crippen LogP contribution in [0.1, 0.15) is 37.3 Å². The Morgan fingerprint density at radius 1 is 0.952 bits per heavy atom. The summed E-state index contributed by atoms with van der Waals surface area (Å²) >= 11 is 0. The Balaban J connectivity index is 1.76. The van der Waals surface area contributed by atoms with Crippen molar-refractivity contribution in [2.45, 2.75) is 45.3 Å². The van der Waals surface area contributed by atoms with Gasteiger partial charge in [-0.25, -0.2) is 0 Å². The lowest BCUT2D eigenvalue weighted by atomic mass is 10.0. The second-order valence-corrected chi connectivity index (χ2v) is 5.48. The summed E-state index contributed by atoms with van der Waals surface area (Å²) in [6, 6.07) is 19.0. The Bertz CT molecular complexity index is 507. The Kier molecular flexibility index (Phi) is 6.29. The van der Waals surface area contributed by atoms with Crippen LogP contribution in [0.5, 0.6) is 5.75 Å². The minimum absolute atomic E-state index is 0.346. The fourth-order valence-electron chi connectivity index (χ4n) is 2.27. The molecule has 0 amide bonds. The standard InChI is InChI=1S/C19H25NO/c1-2-18(20)10-6-9-16-11-13-19(14-12-16)21-15-17-7-4-3-5-8-17/h3-5,7-8,11-14,18H,2,6,9-10,15,20H2,1H3. The van der Waals surface area contributed by atoms with Gasteiger partial charge in [0, 0.05) is 6.04 Å². The van der Waals surface area contributed by atoms with Gasteiger partial charge in [-0.2, -0.15) is 0 Å². The van der Waals surface area contributed by atoms with Gasteiger partial charge in [-0.05, 0) is 48.9 Å². The Labute approximate surface area is 127 Å². The van der Waals surface area contributed by atoms with Crippen LogP contribution in [0.25, 0.3) is 0 Å². The summed E-state index contributed by atoms with van der Waals surface area (Å²) < 4.78 is 5.79. The molecule has 2 aromatic carbocycles. The van der Waals surface area contributed by atoms with Crippen molar-refractivity contribution in [1.29, 1.82) is 0 Å². The Morgan fingerprint density at radius 3 is 2.33 bits per heavy atom. The fourth-order valence-corrected chi connectivity index (χ4v) is 2.27. The molecule has 0 aliphatic rings. The van der Waals surface area contributed by atoms with Crippen LogP contribution in [0.3, 0.4) is 0 Å². The molecule has 2 nitrogen and oxygen atoms in total. The van der Waals surface area contributed by atoms with Crippen LogP contribution >= 0.6 is 0 Å². The topological polar surface area (TPSA) is 35.2 Å². The maximum Gasteiger partial charge on any atom is 0.119 e. The summed E-state index contributed by atoms with van der Waals surface area (Å²) in [4.78, 5) is 0. The number of nitrogens with two attached hydrogens (primary N) is 1. The highest BCUT2D eigenvalue weighted by atomic mass is 16.5. The summed E-state index contributed by atoms with van der Waals surface area (Å²) in [5, 5.41) is 0. The first kappa shape index (κ1) is 15.6. The first-order chi connectivity index (χ1) is 10.3. The number of benzene rings is 2. The molecule has 112 valence electrons. The van der Waals surface area contributed by atoms with Gasteiger partial charge in [-0.15, -0.1) is 0 Å². The first-order valence-electron chi connectivity index (χ1n) is 7.79. The van der Waals surface area contributed by atoms with Crippen molar-refractivity contribution in [3.05, 3.63) is 65.7 Å². The average molecular weight is 283 g/mol. The molecule has 0 heterocycles. The van der Waals surface area contributed by atoms with Crippen LogP contribution < -0.4 is 10.5 Å². The zero-order chi connectivity index (χ0) is 14.9. The third-order valence-electron chi connectivity index (χ3n) is 3.74. The number of hydrogen-bond donors (Lipinski definition) is 1. The predicted octanol–water partition coefficient (Wildman–Crippen LogP) is 4.33. The molecule has 0 aliphatic heterocycles. The number of hydrogen-bond acceptors (Lipinski definition) is 2. The van der Waals surface area contributed by atoms with Gasteiger partial charge in [-0.1, -0.05) is 49.4 Å². The van der Waals surface area contributed by atoms with E-state index in [0.29, 0.717) is 12.6 Å². The van der Waals surface area contributed by atoms with E-state index in [9.17, 15) is 0 Å². The lowest BCUT2D eigenvalue weighted by Gasteiger charge is -2.09. The molecule has 0 fully saturated rings. The van der Waals surface area contributed by atoms with E-state index >= 15 is 0 Å². The maximum atomic E-state index is 5.94. The summed E-state index contributed by atoms with van der Waals surface area (Å²) in [7, 11) is 0. The lowest BCUT2D eigenvalue weighted by molar-refractivity contribution is 0.306. The van der Waals surface area contributed by atoms with Crippen LogP contribution in [0.2, 0.25) is 0 Å². The van der Waals surface area contributed by atoms with E-state index in [1.165, 1.54) is 11.1 Å². The summed E-state index contributed by atoms with van der Waals surface area (Å²) in [6.45, 7) is 2.76. The largest absolute Gasteiger partial charge is 0.489 e. The highest BCUT2D eigenvalue weighted by molar-refractivity contribution is 5.27. The van der Waals surface area contributed by atoms with Crippen LogP contribution in [0.4, 0.5) is 0 Å². The molecule has 1 unspecified atom stereocenters. The van der Waals surface area contributed by atoms with Gasteiger partial charge in [0.05, 0.1) is 0 Å². The molecular weight excluding hydrogens is 258 g/mol. The third-order valence-corrected chi connectivity index (χ3v) is 3.74. The van der Waals surface area contributed by atoms with Crippen LogP contribution in [0, 0.1) is 0 Å². The van der Waals surface area contributed by atoms with E-state index in [2.05, 4.69) is 43.3 Å². The molecule has 0 radical (unpaired) electrons. The quantitative estimate of drug-likeness (QED) is 0.782. The van der Waals surface area contributed by atoms with Crippen molar-refractivity contribution in [1.82, 2.24) is 0 Å². The van der Waals surface area contributed by atoms with Crippen LogP contribution in [0.15, 0.2) is 54.6 Å². The molecule has 0 aliphatic carbocycles. The summed E-state index contributed by atoms with van der Waals surface area (Å²) in [6.07, 6.45) is 4.40. The Morgan fingerprint density at radius 2 is 1.67 bits per heavy atom. The highest BCUT2D eigenvalue weighted by Gasteiger charge is 2.00. The Hall–Kier alpha value is -1.80. The van der Waals surface area contributed by atoms with Gasteiger partial charge < -0.3 is 10.5 Å². The monoisotopic (exact) mass is 283 g/mol. The minimum Gasteiger partial charge on any atom is -0.489 e. The van der Waals surface area contributed by atoms with E-state index in [-0.39, 0.29) is 0 Å². The van der Waals surface area contributed by atoms with E-state index < -0.39 is 0 Å². The first-order valence-corrected chi connectivity index (χ1v) is 7.79. The normalized spacial score (nSPS) is 12.1. The van der Waals surface area contributed by atoms with Gasteiger partial charge >= 0.3 is 0 Å². The molecule has 2 aromatic rings. The molecule has 0 aromatic heterocycles. The zero-order valence-corrected chi connectivity index (χ0v) is 12.8. The van der Waals surface area contributed by atoms with E-state index in [1.54, 1.807) is 0 Å². The lowest BCUT2D eigenvalue weighted by Crippen LogP contribution is -2.18. The maximum absolute atomic E-state index is 5.94. The van der Waals surface area contributed by atoms with E-state index in [1.807, 2.05) is 18.2 Å². The van der Waals surface area contributed by atoms with E-state index in [0.717, 1.165) is 31.4 Å². The molecule has 2 heteroatoms. The van der Waals surface area contributed by atoms with Crippen LogP contribution in [-0.2, 0) is 13.0 Å². The molecule has 2 N–H and O–H groups in total. The molecule has 0 spiro atoms. The second-order valence-electron chi connectivity index (χ2n) is 5.48. The summed E-state index contributed by atoms with van der Waals surface area (Å²) in [5.41, 5.74) is 8.48. The van der Waals surface area contributed by atoms with Crippen molar-refractivity contribution in [3.8, 4) is 5.75 Å². The zero-order valence-electron chi connectivity index (χ0n) is 12.8. The number of rotatable bonds is 8. The predicted molar refractivity (Wildman–Crippen MR) is 88.4 cm³/mol. The van der Waals surface area contributed by atoms with Gasteiger partial charge in [-0.3, -0.25) is 0 Å². The molecule has 0 saturated heterocycles. The molecule has 0 saturated carbocycles.